The predicted molar refractivity (Wildman–Crippen MR) is 38.4 cm³/mol. The average Bonchev–Trinajstić information content (AvgIpc) is 2.57. The lowest BCUT2D eigenvalue weighted by molar-refractivity contribution is -0.151. The zero-order valence-electron chi connectivity index (χ0n) is 6.84. The van der Waals surface area contributed by atoms with Crippen molar-refractivity contribution in [1.82, 2.24) is 0 Å². The minimum atomic E-state index is -4.22. The number of rotatable bonds is 3. The van der Waals surface area contributed by atoms with Gasteiger partial charge in [0.1, 0.15) is 0 Å². The fourth-order valence-corrected chi connectivity index (χ4v) is 1.47. The van der Waals surface area contributed by atoms with Crippen LogP contribution >= 0.6 is 0 Å². The topological polar surface area (TPSA) is 43.4 Å². The van der Waals surface area contributed by atoms with Gasteiger partial charge in [0, 0.05) is 0 Å². The summed E-state index contributed by atoms with van der Waals surface area (Å²) in [6.45, 7) is -0.358. The maximum Gasteiger partial charge on any atom is 0.392 e. The van der Waals surface area contributed by atoms with E-state index in [-0.39, 0.29) is 13.0 Å². The highest BCUT2D eigenvalue weighted by Crippen LogP contribution is 2.50. The van der Waals surface area contributed by atoms with Gasteiger partial charge in [0.2, 0.25) is 0 Å². The van der Waals surface area contributed by atoms with Crippen molar-refractivity contribution in [2.45, 2.75) is 12.6 Å². The molecular weight excluding hydrogens is 209 g/mol. The highest BCUT2D eigenvalue weighted by molar-refractivity contribution is 7.85. The van der Waals surface area contributed by atoms with Crippen LogP contribution in [0.4, 0.5) is 13.2 Å². The van der Waals surface area contributed by atoms with Crippen molar-refractivity contribution >= 4 is 10.1 Å². The zero-order valence-corrected chi connectivity index (χ0v) is 7.65. The lowest BCUT2D eigenvalue weighted by Crippen LogP contribution is -2.14. The largest absolute Gasteiger partial charge is 0.392 e. The summed E-state index contributed by atoms with van der Waals surface area (Å²) in [5.41, 5.74) is 0. The molecule has 1 aliphatic carbocycles. The Morgan fingerprint density at radius 3 is 2.31 bits per heavy atom. The van der Waals surface area contributed by atoms with Gasteiger partial charge in [0.05, 0.1) is 18.8 Å². The van der Waals surface area contributed by atoms with Gasteiger partial charge >= 0.3 is 6.18 Å². The van der Waals surface area contributed by atoms with Crippen LogP contribution in [-0.4, -0.2) is 27.5 Å². The molecule has 7 heteroatoms. The van der Waals surface area contributed by atoms with Crippen molar-refractivity contribution in [2.75, 3.05) is 12.9 Å². The summed E-state index contributed by atoms with van der Waals surface area (Å²) < 4.78 is 60.8. The van der Waals surface area contributed by atoms with E-state index in [1.54, 1.807) is 0 Å². The summed E-state index contributed by atoms with van der Waals surface area (Å²) in [4.78, 5) is 0. The van der Waals surface area contributed by atoms with Crippen molar-refractivity contribution < 1.29 is 25.8 Å². The highest BCUT2D eigenvalue weighted by atomic mass is 32.2. The van der Waals surface area contributed by atoms with Gasteiger partial charge in [-0.15, -0.1) is 0 Å². The average molecular weight is 218 g/mol. The normalized spacial score (nSPS) is 28.9. The van der Waals surface area contributed by atoms with E-state index in [1.165, 1.54) is 0 Å². The van der Waals surface area contributed by atoms with E-state index >= 15 is 0 Å². The van der Waals surface area contributed by atoms with Crippen LogP contribution in [-0.2, 0) is 14.3 Å². The van der Waals surface area contributed by atoms with Gasteiger partial charge in [-0.3, -0.25) is 4.18 Å². The van der Waals surface area contributed by atoms with Crippen LogP contribution in [0.1, 0.15) is 6.42 Å². The van der Waals surface area contributed by atoms with Crippen molar-refractivity contribution in [1.29, 1.82) is 0 Å². The molecule has 2 atom stereocenters. The first-order valence-electron chi connectivity index (χ1n) is 3.61. The second kappa shape index (κ2) is 3.13. The molecule has 0 radical (unpaired) electrons. The molecule has 0 spiro atoms. The zero-order chi connectivity index (χ0) is 10.3. The second-order valence-corrected chi connectivity index (χ2v) is 4.78. The standard InChI is InChI=1S/C6H9F3O3S/c1-13(10,11)12-3-4-2-5(4)6(7,8)9/h4-5H,2-3H2,1H3. The van der Waals surface area contributed by atoms with Crippen LogP contribution in [0.2, 0.25) is 0 Å². The minimum absolute atomic E-state index is 0.0288. The summed E-state index contributed by atoms with van der Waals surface area (Å²) in [5, 5.41) is 0. The molecule has 0 N–H and O–H groups in total. The van der Waals surface area contributed by atoms with Crippen LogP contribution in [0.25, 0.3) is 0 Å². The van der Waals surface area contributed by atoms with Gasteiger partial charge in [0.25, 0.3) is 10.1 Å². The lowest BCUT2D eigenvalue weighted by atomic mass is 10.3. The van der Waals surface area contributed by atoms with Gasteiger partial charge in [-0.25, -0.2) is 0 Å². The van der Waals surface area contributed by atoms with E-state index in [2.05, 4.69) is 4.18 Å². The molecule has 1 aliphatic rings. The van der Waals surface area contributed by atoms with Gasteiger partial charge in [-0.05, 0) is 12.3 Å². The molecule has 0 saturated heterocycles. The maximum absolute atomic E-state index is 11.9. The molecule has 1 fully saturated rings. The Balaban J connectivity index is 2.30. The fraction of sp³-hybridized carbons (Fsp3) is 1.00. The first-order chi connectivity index (χ1) is 5.70. The Morgan fingerprint density at radius 1 is 1.46 bits per heavy atom. The second-order valence-electron chi connectivity index (χ2n) is 3.13. The molecule has 1 rings (SSSR count). The van der Waals surface area contributed by atoms with Crippen LogP contribution in [0.3, 0.4) is 0 Å². The molecule has 0 aromatic carbocycles. The number of alkyl halides is 3. The van der Waals surface area contributed by atoms with E-state index in [0.717, 1.165) is 6.26 Å². The van der Waals surface area contributed by atoms with E-state index in [4.69, 9.17) is 0 Å². The van der Waals surface area contributed by atoms with Gasteiger partial charge < -0.3 is 0 Å². The SMILES string of the molecule is CS(=O)(=O)OCC1CC1C(F)(F)F. The summed E-state index contributed by atoms with van der Waals surface area (Å²) in [6, 6.07) is 0. The predicted octanol–water partition coefficient (Wildman–Crippen LogP) is 1.16. The number of halogens is 3. The lowest BCUT2D eigenvalue weighted by Gasteiger charge is -2.04. The minimum Gasteiger partial charge on any atom is -0.270 e. The molecular formula is C6H9F3O3S. The monoisotopic (exact) mass is 218 g/mol. The molecule has 0 heterocycles. The van der Waals surface area contributed by atoms with E-state index in [0.29, 0.717) is 0 Å². The molecule has 0 aromatic rings. The van der Waals surface area contributed by atoms with Crippen LogP contribution in [0.5, 0.6) is 0 Å². The molecule has 0 bridgehead atoms. The van der Waals surface area contributed by atoms with Crippen molar-refractivity contribution in [3.63, 3.8) is 0 Å². The third-order valence-corrected chi connectivity index (χ3v) is 2.40. The highest BCUT2D eigenvalue weighted by Gasteiger charge is 2.55. The van der Waals surface area contributed by atoms with E-state index < -0.39 is 28.1 Å². The Labute approximate surface area is 74.0 Å². The number of hydrogen-bond donors (Lipinski definition) is 0. The van der Waals surface area contributed by atoms with Crippen molar-refractivity contribution in [3.8, 4) is 0 Å². The Kier molecular flexibility index (Phi) is 2.59. The molecule has 78 valence electrons. The summed E-state index contributed by atoms with van der Waals surface area (Å²) in [7, 11) is -3.62. The molecule has 0 amide bonds. The fourth-order valence-electron chi connectivity index (χ4n) is 1.04. The summed E-state index contributed by atoms with van der Waals surface area (Å²) in [5.74, 6) is -2.07. The Hall–Kier alpha value is -0.300. The first-order valence-corrected chi connectivity index (χ1v) is 5.43. The van der Waals surface area contributed by atoms with Gasteiger partial charge in [-0.1, -0.05) is 0 Å². The van der Waals surface area contributed by atoms with E-state index in [1.807, 2.05) is 0 Å². The van der Waals surface area contributed by atoms with Gasteiger partial charge in [0.15, 0.2) is 0 Å². The van der Waals surface area contributed by atoms with Crippen LogP contribution in [0.15, 0.2) is 0 Å². The number of hydrogen-bond acceptors (Lipinski definition) is 3. The van der Waals surface area contributed by atoms with Crippen molar-refractivity contribution in [3.05, 3.63) is 0 Å². The smallest absolute Gasteiger partial charge is 0.270 e. The first kappa shape index (κ1) is 10.8. The van der Waals surface area contributed by atoms with Crippen LogP contribution in [0, 0.1) is 11.8 Å². The quantitative estimate of drug-likeness (QED) is 0.667. The molecule has 0 aliphatic heterocycles. The molecule has 3 nitrogen and oxygen atoms in total. The van der Waals surface area contributed by atoms with E-state index in [9.17, 15) is 21.6 Å². The third-order valence-electron chi connectivity index (χ3n) is 1.84. The molecule has 1 saturated carbocycles. The summed E-state index contributed by atoms with van der Waals surface area (Å²) in [6.07, 6.45) is -3.43. The molecule has 13 heavy (non-hydrogen) atoms. The Morgan fingerprint density at radius 2 is 2.00 bits per heavy atom. The molecule has 2 unspecified atom stereocenters. The Bertz CT molecular complexity index is 282. The maximum atomic E-state index is 11.9. The third kappa shape index (κ3) is 3.51. The molecule has 0 aromatic heterocycles. The van der Waals surface area contributed by atoms with Crippen LogP contribution < -0.4 is 0 Å². The van der Waals surface area contributed by atoms with Gasteiger partial charge in [-0.2, -0.15) is 21.6 Å². The van der Waals surface area contributed by atoms with Crippen molar-refractivity contribution in [2.24, 2.45) is 11.8 Å². The summed E-state index contributed by atoms with van der Waals surface area (Å²) >= 11 is 0.